The second kappa shape index (κ2) is 4.56. The number of hydrogen-bond donors (Lipinski definition) is 0. The molecule has 0 nitrogen and oxygen atoms in total. The summed E-state index contributed by atoms with van der Waals surface area (Å²) in [6.45, 7) is 3.83. The minimum atomic E-state index is 1.82. The van der Waals surface area contributed by atoms with Gasteiger partial charge in [0.2, 0.25) is 0 Å². The van der Waals surface area contributed by atoms with E-state index in [9.17, 15) is 0 Å². The van der Waals surface area contributed by atoms with Gasteiger partial charge in [0.05, 0.1) is 0 Å². The van der Waals surface area contributed by atoms with Crippen LogP contribution >= 0.6 is 0 Å². The summed E-state index contributed by atoms with van der Waals surface area (Å²) in [7, 11) is 0. The molecule has 6 heavy (non-hydrogen) atoms. The van der Waals surface area contributed by atoms with E-state index in [1.807, 2.05) is 26.7 Å². The molecule has 0 heterocycles. The second-order valence-corrected chi connectivity index (χ2v) is 0.866. The molecule has 2 radical (unpaired) electrons. The van der Waals surface area contributed by atoms with Crippen LogP contribution in [0.4, 0.5) is 0 Å². The highest BCUT2D eigenvalue weighted by Crippen LogP contribution is 1.67. The van der Waals surface area contributed by atoms with Gasteiger partial charge in [0.1, 0.15) is 0 Å². The van der Waals surface area contributed by atoms with E-state index in [2.05, 4.69) is 11.8 Å². The average Bonchev–Trinajstić information content (AvgIpc) is 1.61. The normalized spacial score (nSPS) is 6.33. The highest BCUT2D eigenvalue weighted by atomic mass is 13.6. The summed E-state index contributed by atoms with van der Waals surface area (Å²) in [4.78, 5) is 0. The van der Waals surface area contributed by atoms with Crippen molar-refractivity contribution in [1.29, 1.82) is 0 Å². The molecule has 0 aromatic carbocycles. The van der Waals surface area contributed by atoms with Gasteiger partial charge in [-0.15, -0.1) is 0 Å². The fourth-order valence-electron chi connectivity index (χ4n) is 0.167. The Hall–Kier alpha value is -0.440. The first kappa shape index (κ1) is 5.56. The minimum absolute atomic E-state index is 1.82. The molecular weight excluding hydrogens is 72.1 g/mol. The molecule has 0 atom stereocenters. The van der Waals surface area contributed by atoms with Crippen LogP contribution in [0.25, 0.3) is 0 Å². The van der Waals surface area contributed by atoms with Crippen LogP contribution in [-0.4, -0.2) is 0 Å². The molecule has 0 aromatic heterocycles. The molecule has 0 aliphatic heterocycles. The molecule has 0 aliphatic carbocycles. The first-order chi connectivity index (χ1) is 2.91. The Labute approximate surface area is 39.6 Å². The fourth-order valence-corrected chi connectivity index (χ4v) is 0.167. The van der Waals surface area contributed by atoms with E-state index >= 15 is 0 Å². The molecule has 0 aliphatic rings. The van der Waals surface area contributed by atoms with Crippen molar-refractivity contribution in [3.63, 3.8) is 0 Å². The van der Waals surface area contributed by atoms with Gasteiger partial charge in [0.15, 0.2) is 0 Å². The largest absolute Gasteiger partial charge is 0.0986 e. The Morgan fingerprint density at radius 1 is 1.00 bits per heavy atom. The topological polar surface area (TPSA) is 0 Å². The molecule has 0 fully saturated rings. The fraction of sp³-hybridized carbons (Fsp3) is 0.333. The summed E-state index contributed by atoms with van der Waals surface area (Å²) in [6.07, 6.45) is 3.64. The van der Waals surface area contributed by atoms with Gasteiger partial charge >= 0.3 is 0 Å². The second-order valence-electron chi connectivity index (χ2n) is 0.866. The Bertz CT molecular complexity index is 53.8. The van der Waals surface area contributed by atoms with Gasteiger partial charge in [-0.05, 0) is 0 Å². The van der Waals surface area contributed by atoms with E-state index in [4.69, 9.17) is 0 Å². The maximum absolute atomic E-state index is 2.77. The molecule has 0 saturated heterocycles. The monoisotopic (exact) mass is 80.1 g/mol. The molecule has 0 heteroatoms. The van der Waals surface area contributed by atoms with E-state index in [1.54, 1.807) is 0 Å². The molecule has 0 spiro atoms. The van der Waals surface area contributed by atoms with E-state index in [1.165, 1.54) is 0 Å². The maximum Gasteiger partial charge on any atom is 0.0309 e. The quantitative estimate of drug-likeness (QED) is 0.386. The van der Waals surface area contributed by atoms with Gasteiger partial charge in [-0.25, -0.2) is 0 Å². The van der Waals surface area contributed by atoms with Crippen LogP contribution in [0.5, 0.6) is 0 Å². The molecule has 0 unspecified atom stereocenters. The van der Waals surface area contributed by atoms with E-state index < -0.39 is 0 Å². The summed E-state index contributed by atoms with van der Waals surface area (Å²) < 4.78 is 0. The van der Waals surface area contributed by atoms with Crippen LogP contribution in [0, 0.1) is 24.7 Å². The van der Waals surface area contributed by atoms with Crippen molar-refractivity contribution in [2.45, 2.75) is 13.8 Å². The SMILES string of the molecule is C[CH]C#C[CH]C. The smallest absolute Gasteiger partial charge is 0.0309 e. The first-order valence-corrected chi connectivity index (χ1v) is 1.98. The summed E-state index contributed by atoms with van der Waals surface area (Å²) in [6, 6.07) is 0. The Morgan fingerprint density at radius 3 is 1.50 bits per heavy atom. The van der Waals surface area contributed by atoms with Crippen molar-refractivity contribution in [1.82, 2.24) is 0 Å². The first-order valence-electron chi connectivity index (χ1n) is 1.98. The highest BCUT2D eigenvalue weighted by Gasteiger charge is 1.57. The van der Waals surface area contributed by atoms with Crippen LogP contribution in [-0.2, 0) is 0 Å². The van der Waals surface area contributed by atoms with Crippen molar-refractivity contribution in [2.24, 2.45) is 0 Å². The zero-order chi connectivity index (χ0) is 4.83. The van der Waals surface area contributed by atoms with Gasteiger partial charge in [-0.2, -0.15) is 0 Å². The van der Waals surface area contributed by atoms with Gasteiger partial charge in [-0.3, -0.25) is 0 Å². The van der Waals surface area contributed by atoms with Crippen LogP contribution in [0.3, 0.4) is 0 Å². The van der Waals surface area contributed by atoms with Crippen molar-refractivity contribution < 1.29 is 0 Å². The zero-order valence-electron chi connectivity index (χ0n) is 4.15. The van der Waals surface area contributed by atoms with Crippen LogP contribution in [0.1, 0.15) is 13.8 Å². The highest BCUT2D eigenvalue weighted by molar-refractivity contribution is 5.13. The predicted molar refractivity (Wildman–Crippen MR) is 27.7 cm³/mol. The molecule has 32 valence electrons. The molecular formula is C6H8. The molecule has 0 rings (SSSR count). The lowest BCUT2D eigenvalue weighted by molar-refractivity contribution is 1.58. The third kappa shape index (κ3) is 3.56. The Morgan fingerprint density at radius 2 is 1.33 bits per heavy atom. The molecule has 0 aromatic rings. The maximum atomic E-state index is 2.77. The van der Waals surface area contributed by atoms with Gasteiger partial charge in [-0.1, -0.05) is 25.7 Å². The van der Waals surface area contributed by atoms with Crippen molar-refractivity contribution in [3.8, 4) is 11.8 Å². The van der Waals surface area contributed by atoms with E-state index in [-0.39, 0.29) is 0 Å². The summed E-state index contributed by atoms with van der Waals surface area (Å²) in [5.74, 6) is 5.53. The molecule has 0 N–H and O–H groups in total. The average molecular weight is 80.1 g/mol. The zero-order valence-corrected chi connectivity index (χ0v) is 4.15. The lowest BCUT2D eigenvalue weighted by Crippen LogP contribution is -1.54. The summed E-state index contributed by atoms with van der Waals surface area (Å²) in [5.41, 5.74) is 0. The van der Waals surface area contributed by atoms with Gasteiger partial charge in [0, 0.05) is 12.8 Å². The van der Waals surface area contributed by atoms with Crippen molar-refractivity contribution in [2.75, 3.05) is 0 Å². The van der Waals surface area contributed by atoms with Crippen LogP contribution < -0.4 is 0 Å². The van der Waals surface area contributed by atoms with Crippen molar-refractivity contribution >= 4 is 0 Å². The van der Waals surface area contributed by atoms with Gasteiger partial charge in [0.25, 0.3) is 0 Å². The van der Waals surface area contributed by atoms with E-state index in [0.29, 0.717) is 0 Å². The number of rotatable bonds is 0. The molecule has 0 bridgehead atoms. The molecule has 0 saturated carbocycles. The minimum Gasteiger partial charge on any atom is -0.0986 e. The summed E-state index contributed by atoms with van der Waals surface area (Å²) in [5, 5.41) is 0. The van der Waals surface area contributed by atoms with E-state index in [0.717, 1.165) is 0 Å². The van der Waals surface area contributed by atoms with Crippen molar-refractivity contribution in [3.05, 3.63) is 12.8 Å². The molecule has 0 amide bonds. The van der Waals surface area contributed by atoms with Crippen LogP contribution in [0.15, 0.2) is 0 Å². The lowest BCUT2D eigenvalue weighted by atomic mass is 10.4. The predicted octanol–water partition coefficient (Wildman–Crippen LogP) is 1.44. The number of hydrogen-bond acceptors (Lipinski definition) is 0. The van der Waals surface area contributed by atoms with Crippen LogP contribution in [0.2, 0.25) is 0 Å². The third-order valence-corrected chi connectivity index (χ3v) is 0.372. The summed E-state index contributed by atoms with van der Waals surface area (Å²) >= 11 is 0. The lowest BCUT2D eigenvalue weighted by Gasteiger charge is -1.64. The Balaban J connectivity index is 2.90. The third-order valence-electron chi connectivity index (χ3n) is 0.372. The Kier molecular flexibility index (Phi) is 4.23. The van der Waals surface area contributed by atoms with Gasteiger partial charge < -0.3 is 0 Å². The standard InChI is InChI=1S/C6H8/c1-3-5-6-4-2/h3-4H,1-2H3.